The van der Waals surface area contributed by atoms with Crippen molar-refractivity contribution in [3.63, 3.8) is 0 Å². The predicted molar refractivity (Wildman–Crippen MR) is 53.4 cm³/mol. The van der Waals surface area contributed by atoms with Crippen LogP contribution < -0.4 is 9.09 Å². The summed E-state index contributed by atoms with van der Waals surface area (Å²) in [5, 5.41) is 8.96. The average molecular weight is 260 g/mol. The molecule has 0 radical (unpaired) electrons. The average Bonchev–Trinajstić information content (AvgIpc) is 2.15. The molecule has 1 rings (SSSR count). The van der Waals surface area contributed by atoms with Gasteiger partial charge in [-0.25, -0.2) is 0 Å². The van der Waals surface area contributed by atoms with Gasteiger partial charge in [-0.15, -0.1) is 0 Å². The van der Waals surface area contributed by atoms with Crippen LogP contribution in [0.3, 0.4) is 0 Å². The van der Waals surface area contributed by atoms with Crippen molar-refractivity contribution in [1.29, 1.82) is 0 Å². The number of hydrogen-bond donors (Lipinski definition) is 3. The first-order valence-electron chi connectivity index (χ1n) is 4.18. The van der Waals surface area contributed by atoms with Crippen molar-refractivity contribution < 1.29 is 18.0 Å². The molecule has 0 aliphatic rings. The molecule has 0 heterocycles. The van der Waals surface area contributed by atoms with Gasteiger partial charge in [0.1, 0.15) is 0 Å². The molecule has 0 bridgehead atoms. The maximum absolute atomic E-state index is 8.96. The summed E-state index contributed by atoms with van der Waals surface area (Å²) in [5.41, 5.74) is 0. The Morgan fingerprint density at radius 2 is 1.86 bits per heavy atom. The van der Waals surface area contributed by atoms with Crippen molar-refractivity contribution >= 4 is 19.7 Å². The van der Waals surface area contributed by atoms with E-state index >= 15 is 0 Å². The Morgan fingerprint density at radius 3 is 2.29 bits per heavy atom. The molecule has 0 aliphatic heterocycles. The molecule has 0 fully saturated rings. The Kier molecular flexibility index (Phi) is 4.42. The van der Waals surface area contributed by atoms with Crippen LogP contribution in [0.1, 0.15) is 6.92 Å². The zero-order valence-corrected chi connectivity index (χ0v) is 9.67. The topological polar surface area (TPSA) is 69.9 Å². The van der Waals surface area contributed by atoms with Crippen molar-refractivity contribution in [1.82, 2.24) is 0 Å². The second-order valence-electron chi connectivity index (χ2n) is 2.94. The molecule has 14 heavy (non-hydrogen) atoms. The van der Waals surface area contributed by atoms with Gasteiger partial charge in [-0.1, -0.05) is 0 Å². The van der Waals surface area contributed by atoms with E-state index in [2.05, 4.69) is 0 Å². The van der Waals surface area contributed by atoms with Gasteiger partial charge < -0.3 is 0 Å². The fourth-order valence-corrected chi connectivity index (χ4v) is 1.76. The number of aliphatic hydroxyl groups excluding tert-OH is 1. The molecule has 1 atom stereocenters. The molecule has 0 spiro atoms. The van der Waals surface area contributed by atoms with Crippen LogP contribution in [0.25, 0.3) is 0 Å². The molecule has 3 N–H and O–H groups in total. The van der Waals surface area contributed by atoms with Crippen molar-refractivity contribution in [2.75, 3.05) is 6.61 Å². The number of hydrogen-bond acceptors (Lipinski definition) is 4. The number of ether oxygens (including phenoxy) is 1. The Hall–Kier alpha value is -0.542. The van der Waals surface area contributed by atoms with Crippen LogP contribution in [0.5, 0.6) is 5.75 Å². The summed E-state index contributed by atoms with van der Waals surface area (Å²) < 4.78 is 23.7. The van der Waals surface area contributed by atoms with E-state index in [-0.39, 0.29) is 6.61 Å². The van der Waals surface area contributed by atoms with E-state index in [1.807, 2.05) is 0 Å². The summed E-state index contributed by atoms with van der Waals surface area (Å²) in [6, 6.07) is 6.56. The number of aliphatic hydroxyl groups is 1. The summed E-state index contributed by atoms with van der Waals surface area (Å²) in [6.07, 6.45) is -0.507. The third kappa shape index (κ3) is 3.68. The maximum atomic E-state index is 8.96. The van der Waals surface area contributed by atoms with Crippen LogP contribution in [0, 0.1) is 0 Å². The fraction of sp³-hybridized carbons (Fsp3) is 0.333. The van der Waals surface area contributed by atoms with Gasteiger partial charge in [0.15, 0.2) is 0 Å². The zero-order chi connectivity index (χ0) is 10.6. The Morgan fingerprint density at radius 1 is 1.29 bits per heavy atom. The van der Waals surface area contributed by atoms with E-state index in [0.717, 1.165) is 0 Å². The van der Waals surface area contributed by atoms with Crippen LogP contribution in [-0.4, -0.2) is 41.3 Å². The molecule has 0 saturated carbocycles. The van der Waals surface area contributed by atoms with Crippen LogP contribution in [0.15, 0.2) is 24.3 Å². The molecular formula is C9H13AsO4. The number of benzene rings is 1. The third-order valence-corrected chi connectivity index (χ3v) is 3.15. The van der Waals surface area contributed by atoms with E-state index in [1.165, 1.54) is 0 Å². The van der Waals surface area contributed by atoms with Crippen molar-refractivity contribution in [2.45, 2.75) is 13.0 Å². The summed E-state index contributed by atoms with van der Waals surface area (Å²) >= 11 is -2.76. The van der Waals surface area contributed by atoms with Crippen LogP contribution >= 0.6 is 0 Å². The second kappa shape index (κ2) is 5.37. The van der Waals surface area contributed by atoms with E-state index in [4.69, 9.17) is 18.0 Å². The van der Waals surface area contributed by atoms with Gasteiger partial charge in [-0.2, -0.15) is 0 Å². The van der Waals surface area contributed by atoms with Crippen molar-refractivity contribution in [2.24, 2.45) is 0 Å². The molecule has 78 valence electrons. The molecule has 0 saturated heterocycles. The summed E-state index contributed by atoms with van der Waals surface area (Å²) in [4.78, 5) is 0. The monoisotopic (exact) mass is 260 g/mol. The molecule has 1 aromatic carbocycles. The molecular weight excluding hydrogens is 247 g/mol. The van der Waals surface area contributed by atoms with Crippen LogP contribution in [0.4, 0.5) is 0 Å². The predicted octanol–water partition coefficient (Wildman–Crippen LogP) is -0.874. The molecule has 1 unspecified atom stereocenters. The van der Waals surface area contributed by atoms with Gasteiger partial charge in [-0.3, -0.25) is 0 Å². The standard InChI is InChI=1S/C9H13AsO4/c1-7(11)6-14-9-4-2-8(3-5-9)10(12)13/h2-5,7,11-13H,6H2,1H3. The SMILES string of the molecule is CC(O)COc1ccc([As](O)O)cc1. The van der Waals surface area contributed by atoms with Crippen LogP contribution in [-0.2, 0) is 0 Å². The first kappa shape index (κ1) is 11.5. The second-order valence-corrected chi connectivity index (χ2v) is 5.24. The summed E-state index contributed by atoms with van der Waals surface area (Å²) in [6.45, 7) is 1.87. The van der Waals surface area contributed by atoms with Gasteiger partial charge in [0.2, 0.25) is 0 Å². The minimum absolute atomic E-state index is 0.235. The first-order valence-corrected chi connectivity index (χ1v) is 6.80. The van der Waals surface area contributed by atoms with Gasteiger partial charge in [0.25, 0.3) is 0 Å². The molecule has 0 amide bonds. The minimum atomic E-state index is -2.76. The van der Waals surface area contributed by atoms with Crippen molar-refractivity contribution in [3.05, 3.63) is 24.3 Å². The fourth-order valence-electron chi connectivity index (χ4n) is 0.893. The molecule has 0 aliphatic carbocycles. The van der Waals surface area contributed by atoms with Gasteiger partial charge in [-0.05, 0) is 0 Å². The quantitative estimate of drug-likeness (QED) is 0.615. The summed E-state index contributed by atoms with van der Waals surface area (Å²) in [5.74, 6) is 0.616. The van der Waals surface area contributed by atoms with E-state index in [0.29, 0.717) is 10.1 Å². The van der Waals surface area contributed by atoms with Gasteiger partial charge in [0.05, 0.1) is 0 Å². The normalized spacial score (nSPS) is 12.9. The van der Waals surface area contributed by atoms with E-state index < -0.39 is 21.4 Å². The zero-order valence-electron chi connectivity index (χ0n) is 7.79. The molecule has 4 nitrogen and oxygen atoms in total. The van der Waals surface area contributed by atoms with E-state index in [1.54, 1.807) is 31.2 Å². The Balaban J connectivity index is 2.55. The third-order valence-electron chi connectivity index (χ3n) is 1.56. The van der Waals surface area contributed by atoms with Gasteiger partial charge >= 0.3 is 87.4 Å². The Bertz CT molecular complexity index is 271. The Labute approximate surface area is 87.7 Å². The van der Waals surface area contributed by atoms with Crippen LogP contribution in [0.2, 0.25) is 0 Å². The van der Waals surface area contributed by atoms with Crippen molar-refractivity contribution in [3.8, 4) is 5.75 Å². The van der Waals surface area contributed by atoms with E-state index in [9.17, 15) is 0 Å². The number of rotatable bonds is 4. The molecule has 5 heteroatoms. The summed E-state index contributed by atoms with van der Waals surface area (Å²) in [7, 11) is 0. The molecule has 0 aromatic heterocycles. The van der Waals surface area contributed by atoms with Gasteiger partial charge in [0, 0.05) is 0 Å². The molecule has 1 aromatic rings. The first-order chi connectivity index (χ1) is 6.59.